The van der Waals surface area contributed by atoms with Crippen LogP contribution >= 0.6 is 11.6 Å². The number of nitrogens with one attached hydrogen (secondary N) is 1. The first-order valence-corrected chi connectivity index (χ1v) is 17.6. The molecule has 3 saturated heterocycles. The standard InChI is InChI=1S/C37H44ClNO6/c1-15-12-16-19(38)14-20-23-24-26(43-31(2,3)21-13-18(15)36(21,41)25(16)23)17-8-11-35(40)33(6,34(17,7)28(24)39-20)10-9-22-37(35)30(45-37)27-29(42-22)32(4,5)44-27/h14,17-18,21-22,26-27,29-30,39-41H,1,8-13H2,2-7H3. The fourth-order valence-corrected chi connectivity index (χ4v) is 13.8. The van der Waals surface area contributed by atoms with Gasteiger partial charge in [-0.25, -0.2) is 0 Å². The maximum Gasteiger partial charge on any atom is 0.152 e. The minimum absolute atomic E-state index is 0.00401. The Bertz CT molecular complexity index is 1820. The summed E-state index contributed by atoms with van der Waals surface area (Å²) in [6, 6.07) is 2.05. The number of hydrogen-bond acceptors (Lipinski definition) is 6. The topological polar surface area (TPSA) is 96.5 Å². The zero-order valence-corrected chi connectivity index (χ0v) is 27.8. The summed E-state index contributed by atoms with van der Waals surface area (Å²) in [5, 5.41) is 27.9. The van der Waals surface area contributed by atoms with Crippen LogP contribution < -0.4 is 0 Å². The fraction of sp³-hybridized carbons (Fsp3) is 0.730. The summed E-state index contributed by atoms with van der Waals surface area (Å²) in [4.78, 5) is 3.91. The molecule has 0 amide bonds. The SMILES string of the molecule is C=C1Cc2c(Cl)cc3[nH]c4c5c3c2C2(O)C1CC2C(C)(C)OC5C1CCC2(O)C35OC3C3OC(C)(C)C3OC5CCC2(C)C41C. The van der Waals surface area contributed by atoms with E-state index in [-0.39, 0.29) is 53.9 Å². The Balaban J connectivity index is 1.14. The highest BCUT2D eigenvalue weighted by molar-refractivity contribution is 6.32. The second-order valence-corrected chi connectivity index (χ2v) is 18.2. The minimum atomic E-state index is -1.11. The molecule has 1 aromatic carbocycles. The highest BCUT2D eigenvalue weighted by Crippen LogP contribution is 2.78. The quantitative estimate of drug-likeness (QED) is 0.247. The van der Waals surface area contributed by atoms with Gasteiger partial charge in [0.25, 0.3) is 0 Å². The van der Waals surface area contributed by atoms with Crippen LogP contribution in [-0.2, 0) is 36.4 Å². The summed E-state index contributed by atoms with van der Waals surface area (Å²) in [5.41, 5.74) is 1.50. The molecule has 5 aliphatic carbocycles. The molecule has 1 aromatic heterocycles. The number of ether oxygens (including phenoxy) is 4. The Morgan fingerprint density at radius 1 is 0.978 bits per heavy atom. The molecule has 240 valence electrons. The number of hydrogen-bond donors (Lipinski definition) is 3. The summed E-state index contributed by atoms with van der Waals surface area (Å²) in [6.07, 6.45) is 4.02. The van der Waals surface area contributed by atoms with E-state index in [1.165, 1.54) is 5.56 Å². The van der Waals surface area contributed by atoms with Crippen molar-refractivity contribution < 1.29 is 29.2 Å². The molecule has 13 atom stereocenters. The summed E-state index contributed by atoms with van der Waals surface area (Å²) >= 11 is 7.08. The second kappa shape index (κ2) is 7.27. The molecule has 8 heteroatoms. The van der Waals surface area contributed by atoms with Crippen LogP contribution in [0.5, 0.6) is 0 Å². The number of aliphatic hydroxyl groups is 2. The zero-order valence-electron chi connectivity index (χ0n) is 27.1. The van der Waals surface area contributed by atoms with E-state index in [0.29, 0.717) is 17.9 Å². The lowest BCUT2D eigenvalue weighted by molar-refractivity contribution is -0.345. The zero-order chi connectivity index (χ0) is 31.2. The van der Waals surface area contributed by atoms with Crippen molar-refractivity contribution in [2.75, 3.05) is 0 Å². The fourth-order valence-electron chi connectivity index (χ4n) is 13.5. The van der Waals surface area contributed by atoms with E-state index in [4.69, 9.17) is 30.5 Å². The molecule has 7 nitrogen and oxygen atoms in total. The molecule has 13 unspecified atom stereocenters. The molecule has 6 fully saturated rings. The van der Waals surface area contributed by atoms with Gasteiger partial charge >= 0.3 is 0 Å². The van der Waals surface area contributed by atoms with Crippen molar-refractivity contribution in [1.82, 2.24) is 4.98 Å². The number of epoxide rings is 1. The number of rotatable bonds is 0. The van der Waals surface area contributed by atoms with Gasteiger partial charge in [-0.05, 0) is 83.4 Å². The number of aromatic nitrogens is 1. The molecule has 2 aromatic rings. The van der Waals surface area contributed by atoms with Gasteiger partial charge in [0, 0.05) is 55.8 Å². The molecule has 5 heterocycles. The van der Waals surface area contributed by atoms with Crippen LogP contribution in [0.15, 0.2) is 18.2 Å². The van der Waals surface area contributed by atoms with Crippen LogP contribution in [0.3, 0.4) is 0 Å². The number of halogens is 1. The van der Waals surface area contributed by atoms with Gasteiger partial charge in [-0.15, -0.1) is 0 Å². The van der Waals surface area contributed by atoms with Crippen molar-refractivity contribution in [3.63, 3.8) is 0 Å². The van der Waals surface area contributed by atoms with Gasteiger partial charge in [0.15, 0.2) is 5.60 Å². The largest absolute Gasteiger partial charge is 0.386 e. The maximum atomic E-state index is 13.3. The van der Waals surface area contributed by atoms with Crippen LogP contribution in [0.1, 0.15) is 102 Å². The predicted octanol–water partition coefficient (Wildman–Crippen LogP) is 5.90. The van der Waals surface area contributed by atoms with Gasteiger partial charge in [-0.3, -0.25) is 0 Å². The van der Waals surface area contributed by atoms with Crippen molar-refractivity contribution in [3.05, 3.63) is 45.6 Å². The first kappa shape index (κ1) is 27.5. The average Bonchev–Trinajstić information content (AvgIpc) is 3.53. The molecule has 3 saturated carbocycles. The normalized spacial score (nSPS) is 54.7. The highest BCUT2D eigenvalue weighted by Gasteiger charge is 2.88. The Morgan fingerprint density at radius 3 is 2.51 bits per heavy atom. The lowest BCUT2D eigenvalue weighted by Crippen LogP contribution is -2.79. The third kappa shape index (κ3) is 2.46. The van der Waals surface area contributed by atoms with Crippen LogP contribution in [0, 0.1) is 23.2 Å². The summed E-state index contributed by atoms with van der Waals surface area (Å²) in [7, 11) is 0. The van der Waals surface area contributed by atoms with Crippen molar-refractivity contribution in [2.45, 2.75) is 144 Å². The summed E-state index contributed by atoms with van der Waals surface area (Å²) in [5.74, 6) is 0.0764. The molecule has 11 rings (SSSR count). The molecule has 45 heavy (non-hydrogen) atoms. The van der Waals surface area contributed by atoms with E-state index >= 15 is 0 Å². The van der Waals surface area contributed by atoms with E-state index in [2.05, 4.69) is 59.2 Å². The van der Waals surface area contributed by atoms with Crippen LogP contribution in [0.4, 0.5) is 0 Å². The number of benzene rings is 1. The second-order valence-electron chi connectivity index (χ2n) is 17.8. The lowest BCUT2D eigenvalue weighted by atomic mass is 9.40. The van der Waals surface area contributed by atoms with E-state index in [1.807, 2.05) is 0 Å². The maximum absolute atomic E-state index is 13.3. The third-order valence-electron chi connectivity index (χ3n) is 15.8. The Kier molecular flexibility index (Phi) is 4.44. The van der Waals surface area contributed by atoms with E-state index < -0.39 is 33.2 Å². The molecule has 1 spiro atoms. The minimum Gasteiger partial charge on any atom is -0.386 e. The van der Waals surface area contributed by atoms with Crippen molar-refractivity contribution in [3.8, 4) is 0 Å². The van der Waals surface area contributed by atoms with E-state index in [9.17, 15) is 10.2 Å². The summed E-state index contributed by atoms with van der Waals surface area (Å²) < 4.78 is 27.2. The molecular formula is C37H44ClNO6. The third-order valence-corrected chi connectivity index (χ3v) is 16.2. The number of fused-ring (bicyclic) bond motifs is 7. The Labute approximate surface area is 269 Å². The summed E-state index contributed by atoms with van der Waals surface area (Å²) in [6.45, 7) is 17.6. The van der Waals surface area contributed by atoms with Gasteiger partial charge < -0.3 is 34.1 Å². The monoisotopic (exact) mass is 633 g/mol. The van der Waals surface area contributed by atoms with Crippen molar-refractivity contribution >= 4 is 22.5 Å². The molecule has 9 aliphatic rings. The van der Waals surface area contributed by atoms with Gasteiger partial charge in [0.05, 0.1) is 23.4 Å². The number of aromatic amines is 1. The Morgan fingerprint density at radius 2 is 1.76 bits per heavy atom. The van der Waals surface area contributed by atoms with Gasteiger partial charge in [0.2, 0.25) is 0 Å². The van der Waals surface area contributed by atoms with E-state index in [0.717, 1.165) is 59.0 Å². The van der Waals surface area contributed by atoms with Gasteiger partial charge in [0.1, 0.15) is 29.5 Å². The lowest BCUT2D eigenvalue weighted by Gasteiger charge is -2.68. The predicted molar refractivity (Wildman–Crippen MR) is 167 cm³/mol. The molecular weight excluding hydrogens is 590 g/mol. The number of H-pyrrole nitrogens is 1. The van der Waals surface area contributed by atoms with Crippen LogP contribution in [0.25, 0.3) is 10.9 Å². The first-order valence-electron chi connectivity index (χ1n) is 17.3. The molecule has 0 bridgehead atoms. The Hall–Kier alpha value is -1.45. The average molecular weight is 634 g/mol. The van der Waals surface area contributed by atoms with Crippen molar-refractivity contribution in [2.24, 2.45) is 23.2 Å². The van der Waals surface area contributed by atoms with Crippen LogP contribution in [-0.4, -0.2) is 62.0 Å². The highest BCUT2D eigenvalue weighted by atomic mass is 35.5. The molecule has 0 radical (unpaired) electrons. The molecule has 3 N–H and O–H groups in total. The van der Waals surface area contributed by atoms with Gasteiger partial charge in [-0.1, -0.05) is 37.6 Å². The smallest absolute Gasteiger partial charge is 0.152 e. The molecule has 4 aliphatic heterocycles. The van der Waals surface area contributed by atoms with Crippen molar-refractivity contribution in [1.29, 1.82) is 0 Å². The van der Waals surface area contributed by atoms with E-state index in [1.54, 1.807) is 0 Å². The van der Waals surface area contributed by atoms with Crippen LogP contribution in [0.2, 0.25) is 5.02 Å². The first-order chi connectivity index (χ1) is 21.1. The van der Waals surface area contributed by atoms with Gasteiger partial charge in [-0.2, -0.15) is 0 Å².